The average molecular weight is 396 g/mol. The Morgan fingerprint density at radius 2 is 1.66 bits per heavy atom. The fourth-order valence-electron chi connectivity index (χ4n) is 3.41. The van der Waals surface area contributed by atoms with Gasteiger partial charge in [0.25, 0.3) is 0 Å². The summed E-state index contributed by atoms with van der Waals surface area (Å²) in [5.41, 5.74) is 1.46. The van der Waals surface area contributed by atoms with Crippen LogP contribution in [0.25, 0.3) is 0 Å². The number of nitrogens with one attached hydrogen (secondary N) is 1. The highest BCUT2D eigenvalue weighted by atomic mass is 16.5. The van der Waals surface area contributed by atoms with E-state index in [1.807, 2.05) is 30.3 Å². The molecule has 2 heterocycles. The van der Waals surface area contributed by atoms with Crippen molar-refractivity contribution in [3.8, 4) is 5.75 Å². The fourth-order valence-corrected chi connectivity index (χ4v) is 3.41. The molecule has 0 atom stereocenters. The van der Waals surface area contributed by atoms with Crippen LogP contribution in [-0.2, 0) is 16.1 Å². The lowest BCUT2D eigenvalue weighted by Gasteiger charge is -2.25. The molecule has 2 amide bonds. The van der Waals surface area contributed by atoms with Gasteiger partial charge in [-0.05, 0) is 56.6 Å². The number of ether oxygens (including phenoxy) is 1. The molecule has 1 N–H and O–H groups in total. The van der Waals surface area contributed by atoms with Crippen molar-refractivity contribution < 1.29 is 14.3 Å². The van der Waals surface area contributed by atoms with Crippen LogP contribution < -0.4 is 19.9 Å². The summed E-state index contributed by atoms with van der Waals surface area (Å²) >= 11 is 0. The summed E-state index contributed by atoms with van der Waals surface area (Å²) in [5.74, 6) is 0.227. The van der Waals surface area contributed by atoms with Crippen LogP contribution in [0.5, 0.6) is 5.75 Å². The van der Waals surface area contributed by atoms with Gasteiger partial charge in [-0.1, -0.05) is 0 Å². The van der Waals surface area contributed by atoms with Crippen molar-refractivity contribution in [3.63, 3.8) is 0 Å². The second-order valence-electron chi connectivity index (χ2n) is 7.74. The first-order chi connectivity index (χ1) is 13.8. The van der Waals surface area contributed by atoms with Crippen LogP contribution >= 0.6 is 0 Å². The Balaban J connectivity index is 1.58. The highest BCUT2D eigenvalue weighted by Crippen LogP contribution is 2.39. The van der Waals surface area contributed by atoms with Crippen LogP contribution in [0.3, 0.4) is 0 Å². The van der Waals surface area contributed by atoms with Gasteiger partial charge < -0.3 is 19.9 Å². The van der Waals surface area contributed by atoms with Crippen molar-refractivity contribution in [3.05, 3.63) is 48.3 Å². The second kappa shape index (κ2) is 8.61. The molecule has 1 aliphatic rings. The summed E-state index contributed by atoms with van der Waals surface area (Å²) < 4.78 is 5.87. The maximum Gasteiger partial charge on any atom is 0.241 e. The molecular formula is C22H28N4O3. The number of hydrogen-bond donors (Lipinski definition) is 1. The van der Waals surface area contributed by atoms with E-state index in [1.165, 1.54) is 5.56 Å². The van der Waals surface area contributed by atoms with E-state index in [0.29, 0.717) is 23.7 Å². The summed E-state index contributed by atoms with van der Waals surface area (Å²) in [7, 11) is 3.40. The minimum Gasteiger partial charge on any atom is -0.493 e. The van der Waals surface area contributed by atoms with E-state index in [-0.39, 0.29) is 11.8 Å². The summed E-state index contributed by atoms with van der Waals surface area (Å²) in [5, 5.41) is 3.37. The zero-order valence-electron chi connectivity index (χ0n) is 17.4. The highest BCUT2D eigenvalue weighted by molar-refractivity contribution is 6.19. The molecule has 0 spiro atoms. The standard InChI is InChI=1S/C22H28N4O3/c1-22(2)20(27)25(3)18-7-6-17(14-19(18)26(4)21(22)28)29-13-5-10-24-15-16-8-11-23-12-9-16/h6-9,11-12,14,24H,5,10,13,15H2,1-4H3. The number of anilines is 2. The lowest BCUT2D eigenvalue weighted by Crippen LogP contribution is -2.46. The molecule has 0 fully saturated rings. The first kappa shape index (κ1) is 20.8. The van der Waals surface area contributed by atoms with Gasteiger partial charge in [0.15, 0.2) is 0 Å². The smallest absolute Gasteiger partial charge is 0.241 e. The monoisotopic (exact) mass is 396 g/mol. The van der Waals surface area contributed by atoms with Gasteiger partial charge in [-0.15, -0.1) is 0 Å². The van der Waals surface area contributed by atoms with Crippen LogP contribution in [-0.4, -0.2) is 44.0 Å². The maximum atomic E-state index is 12.8. The molecule has 0 saturated carbocycles. The average Bonchev–Trinajstić information content (AvgIpc) is 2.78. The molecular weight excluding hydrogens is 368 g/mol. The van der Waals surface area contributed by atoms with Gasteiger partial charge in [-0.25, -0.2) is 0 Å². The van der Waals surface area contributed by atoms with Gasteiger partial charge in [0.2, 0.25) is 11.8 Å². The Morgan fingerprint density at radius 1 is 1.00 bits per heavy atom. The third-order valence-corrected chi connectivity index (χ3v) is 5.19. The Bertz CT molecular complexity index is 883. The number of rotatable bonds is 7. The molecule has 1 aromatic carbocycles. The minimum atomic E-state index is -1.11. The van der Waals surface area contributed by atoms with Crippen LogP contribution in [0.1, 0.15) is 25.8 Å². The van der Waals surface area contributed by atoms with Gasteiger partial charge in [0, 0.05) is 39.1 Å². The van der Waals surface area contributed by atoms with E-state index in [9.17, 15) is 9.59 Å². The quantitative estimate of drug-likeness (QED) is 0.575. The first-order valence-electron chi connectivity index (χ1n) is 9.75. The molecule has 0 radical (unpaired) electrons. The molecule has 29 heavy (non-hydrogen) atoms. The third-order valence-electron chi connectivity index (χ3n) is 5.19. The number of benzene rings is 1. The van der Waals surface area contributed by atoms with Crippen LogP contribution in [0.15, 0.2) is 42.7 Å². The maximum absolute atomic E-state index is 12.8. The molecule has 7 nitrogen and oxygen atoms in total. The van der Waals surface area contributed by atoms with Gasteiger partial charge in [-0.3, -0.25) is 14.6 Å². The molecule has 1 aromatic heterocycles. The molecule has 2 aromatic rings. The second-order valence-corrected chi connectivity index (χ2v) is 7.74. The van der Waals surface area contributed by atoms with Crippen molar-refractivity contribution in [2.45, 2.75) is 26.8 Å². The van der Waals surface area contributed by atoms with E-state index in [0.717, 1.165) is 19.5 Å². The molecule has 0 unspecified atom stereocenters. The zero-order chi connectivity index (χ0) is 21.0. The SMILES string of the molecule is CN1C(=O)C(C)(C)C(=O)N(C)c2cc(OCCCNCc3ccncc3)ccc21. The van der Waals surface area contributed by atoms with Crippen molar-refractivity contribution >= 4 is 23.2 Å². The first-order valence-corrected chi connectivity index (χ1v) is 9.75. The van der Waals surface area contributed by atoms with E-state index in [2.05, 4.69) is 10.3 Å². The summed E-state index contributed by atoms with van der Waals surface area (Å²) in [6, 6.07) is 9.46. The number of carbonyl (C=O) groups is 2. The molecule has 0 saturated heterocycles. The minimum absolute atomic E-state index is 0.220. The predicted octanol–water partition coefficient (Wildman–Crippen LogP) is 2.61. The Kier molecular flexibility index (Phi) is 6.17. The van der Waals surface area contributed by atoms with Crippen LogP contribution in [0.2, 0.25) is 0 Å². The van der Waals surface area contributed by atoms with Gasteiger partial charge in [0.05, 0.1) is 18.0 Å². The summed E-state index contributed by atoms with van der Waals surface area (Å²) in [6.45, 7) is 5.50. The largest absolute Gasteiger partial charge is 0.493 e. The van der Waals surface area contributed by atoms with E-state index in [4.69, 9.17) is 4.74 Å². The fraction of sp³-hybridized carbons (Fsp3) is 0.409. The molecule has 154 valence electrons. The lowest BCUT2D eigenvalue weighted by atomic mass is 9.90. The van der Waals surface area contributed by atoms with Gasteiger partial charge in [0.1, 0.15) is 11.2 Å². The number of carbonyl (C=O) groups excluding carboxylic acids is 2. The van der Waals surface area contributed by atoms with Crippen LogP contribution in [0, 0.1) is 5.41 Å². The highest BCUT2D eigenvalue weighted by Gasteiger charge is 2.44. The van der Waals surface area contributed by atoms with E-state index in [1.54, 1.807) is 50.1 Å². The number of pyridine rings is 1. The summed E-state index contributed by atoms with van der Waals surface area (Å²) in [4.78, 5) is 32.5. The van der Waals surface area contributed by atoms with E-state index < -0.39 is 5.41 Å². The van der Waals surface area contributed by atoms with Gasteiger partial charge >= 0.3 is 0 Å². The number of hydrogen-bond acceptors (Lipinski definition) is 5. The Labute approximate surface area is 171 Å². The molecule has 7 heteroatoms. The number of amides is 2. The zero-order valence-corrected chi connectivity index (χ0v) is 17.4. The Morgan fingerprint density at radius 3 is 2.34 bits per heavy atom. The molecule has 1 aliphatic heterocycles. The van der Waals surface area contributed by atoms with Crippen molar-refractivity contribution in [2.75, 3.05) is 37.0 Å². The Hall–Kier alpha value is -2.93. The lowest BCUT2D eigenvalue weighted by molar-refractivity contribution is -0.137. The molecule has 0 aliphatic carbocycles. The number of nitrogens with zero attached hydrogens (tertiary/aromatic N) is 3. The van der Waals surface area contributed by atoms with Crippen molar-refractivity contribution in [2.24, 2.45) is 5.41 Å². The van der Waals surface area contributed by atoms with Crippen molar-refractivity contribution in [1.82, 2.24) is 10.3 Å². The number of fused-ring (bicyclic) bond motifs is 1. The van der Waals surface area contributed by atoms with E-state index >= 15 is 0 Å². The number of aromatic nitrogens is 1. The predicted molar refractivity (Wildman–Crippen MR) is 113 cm³/mol. The van der Waals surface area contributed by atoms with Crippen LogP contribution in [0.4, 0.5) is 11.4 Å². The third kappa shape index (κ3) is 4.40. The normalized spacial score (nSPS) is 15.9. The topological polar surface area (TPSA) is 74.8 Å². The molecule has 3 rings (SSSR count). The van der Waals surface area contributed by atoms with Gasteiger partial charge in [-0.2, -0.15) is 0 Å². The molecule has 0 bridgehead atoms. The van der Waals surface area contributed by atoms with Crippen molar-refractivity contribution in [1.29, 1.82) is 0 Å². The summed E-state index contributed by atoms with van der Waals surface area (Å²) in [6.07, 6.45) is 4.42.